The van der Waals surface area contributed by atoms with Crippen LogP contribution >= 0.6 is 83.7 Å². The number of rotatable bonds is 0. The molecule has 1 aromatic rings. The third kappa shape index (κ3) is 1.92. The van der Waals surface area contributed by atoms with Gasteiger partial charge >= 0.3 is 0 Å². The van der Waals surface area contributed by atoms with Crippen LogP contribution in [0.5, 0.6) is 0 Å². The predicted molar refractivity (Wildman–Crippen MR) is 69.7 cm³/mol. The predicted octanol–water partition coefficient (Wildman–Crippen LogP) is 4.72. The van der Waals surface area contributed by atoms with Gasteiger partial charge in [-0.3, -0.25) is 0 Å². The van der Waals surface area contributed by atoms with Gasteiger partial charge in [-0.2, -0.15) is 0 Å². The molecule has 0 amide bonds. The Morgan fingerprint density at radius 3 is 1.75 bits per heavy atom. The number of thiol groups is 2. The minimum Gasteiger partial charge on any atom is -0.135 e. The van der Waals surface area contributed by atoms with Crippen molar-refractivity contribution in [2.24, 2.45) is 0 Å². The van der Waals surface area contributed by atoms with E-state index in [1.54, 1.807) is 46.2 Å². The Labute approximate surface area is 103 Å². The standard InChI is InChI=1S/C5H2S7/c6-1-2(7)10-4-3(9-1)11-5(8)12-4/h6-7H. The minimum atomic E-state index is 0.972. The second kappa shape index (κ2) is 3.88. The van der Waals surface area contributed by atoms with Crippen LogP contribution in [0.1, 0.15) is 0 Å². The average molecular weight is 287 g/mol. The maximum absolute atomic E-state index is 5.10. The van der Waals surface area contributed by atoms with Gasteiger partial charge in [0.05, 0.1) is 16.9 Å². The van der Waals surface area contributed by atoms with E-state index in [4.69, 9.17) is 12.2 Å². The van der Waals surface area contributed by atoms with E-state index in [-0.39, 0.29) is 0 Å². The van der Waals surface area contributed by atoms with Gasteiger partial charge in [0, 0.05) is 0 Å². The topological polar surface area (TPSA) is 0 Å². The summed E-state index contributed by atoms with van der Waals surface area (Å²) in [7, 11) is 0. The first kappa shape index (κ1) is 9.95. The van der Waals surface area contributed by atoms with Gasteiger partial charge in [0.2, 0.25) is 0 Å². The summed E-state index contributed by atoms with van der Waals surface area (Å²) in [6, 6.07) is 0. The van der Waals surface area contributed by atoms with Crippen molar-refractivity contribution in [1.82, 2.24) is 0 Å². The van der Waals surface area contributed by atoms with E-state index in [0.29, 0.717) is 0 Å². The summed E-state index contributed by atoms with van der Waals surface area (Å²) in [6.45, 7) is 0. The van der Waals surface area contributed by atoms with Crippen LogP contribution in [0.3, 0.4) is 0 Å². The highest BCUT2D eigenvalue weighted by Gasteiger charge is 2.18. The van der Waals surface area contributed by atoms with Gasteiger partial charge in [-0.15, -0.1) is 47.9 Å². The van der Waals surface area contributed by atoms with Gasteiger partial charge in [-0.25, -0.2) is 0 Å². The van der Waals surface area contributed by atoms with Crippen LogP contribution in [0, 0.1) is 3.14 Å². The fourth-order valence-corrected chi connectivity index (χ4v) is 7.38. The molecule has 0 aromatic carbocycles. The highest BCUT2D eigenvalue weighted by atomic mass is 32.2. The molecular formula is C5H2S7. The van der Waals surface area contributed by atoms with Crippen LogP contribution in [-0.4, -0.2) is 0 Å². The molecule has 1 aliphatic rings. The molecule has 7 heteroatoms. The van der Waals surface area contributed by atoms with Crippen LogP contribution in [0.2, 0.25) is 0 Å². The van der Waals surface area contributed by atoms with Gasteiger partial charge in [-0.1, -0.05) is 35.7 Å². The summed E-state index contributed by atoms with van der Waals surface area (Å²) >= 11 is 20.3. The smallest absolute Gasteiger partial charge is 0.135 e. The molecule has 0 radical (unpaired) electrons. The molecule has 0 bridgehead atoms. The number of thioether (sulfide) groups is 2. The first-order valence-corrected chi connectivity index (χ1v) is 7.35. The number of hydrogen-bond acceptors (Lipinski definition) is 7. The van der Waals surface area contributed by atoms with Crippen LogP contribution in [0.15, 0.2) is 16.9 Å². The van der Waals surface area contributed by atoms with Crippen molar-refractivity contribution in [1.29, 1.82) is 0 Å². The van der Waals surface area contributed by atoms with E-state index in [9.17, 15) is 0 Å². The fourth-order valence-electron chi connectivity index (χ4n) is 0.643. The maximum Gasteiger partial charge on any atom is 0.145 e. The second-order valence-corrected chi connectivity index (χ2v) is 9.13. The summed E-state index contributed by atoms with van der Waals surface area (Å²) in [6.07, 6.45) is 0. The molecule has 0 nitrogen and oxygen atoms in total. The first-order chi connectivity index (χ1) is 5.66. The zero-order chi connectivity index (χ0) is 8.72. The summed E-state index contributed by atoms with van der Waals surface area (Å²) in [5.74, 6) is 0. The lowest BCUT2D eigenvalue weighted by Gasteiger charge is -2.09. The molecular weight excluding hydrogens is 285 g/mol. The van der Waals surface area contributed by atoms with Gasteiger partial charge < -0.3 is 0 Å². The van der Waals surface area contributed by atoms with E-state index in [2.05, 4.69) is 25.3 Å². The highest BCUT2D eigenvalue weighted by molar-refractivity contribution is 8.24. The molecule has 0 N–H and O–H groups in total. The first-order valence-electron chi connectivity index (χ1n) is 2.78. The van der Waals surface area contributed by atoms with Gasteiger partial charge in [-0.05, 0) is 0 Å². The number of hydrogen-bond donors (Lipinski definition) is 2. The van der Waals surface area contributed by atoms with E-state index in [1.165, 1.54) is 8.42 Å². The molecule has 2 rings (SSSR count). The van der Waals surface area contributed by atoms with E-state index >= 15 is 0 Å². The Hall–Kier alpha value is 1.41. The molecule has 64 valence electrons. The molecule has 0 saturated heterocycles. The Balaban J connectivity index is 2.48. The zero-order valence-corrected chi connectivity index (χ0v) is 11.3. The van der Waals surface area contributed by atoms with Gasteiger partial charge in [0.15, 0.2) is 0 Å². The molecule has 0 saturated carbocycles. The van der Waals surface area contributed by atoms with Gasteiger partial charge in [0.25, 0.3) is 0 Å². The summed E-state index contributed by atoms with van der Waals surface area (Å²) < 4.78 is 5.44. The van der Waals surface area contributed by atoms with Crippen LogP contribution in [0.25, 0.3) is 0 Å². The Morgan fingerprint density at radius 2 is 1.33 bits per heavy atom. The normalized spacial score (nSPS) is 16.5. The van der Waals surface area contributed by atoms with Crippen molar-refractivity contribution < 1.29 is 0 Å². The van der Waals surface area contributed by atoms with Crippen LogP contribution < -0.4 is 0 Å². The molecule has 0 aliphatic carbocycles. The lowest BCUT2D eigenvalue weighted by molar-refractivity contribution is 1.53. The largest absolute Gasteiger partial charge is 0.145 e. The van der Waals surface area contributed by atoms with Crippen molar-refractivity contribution in [3.8, 4) is 0 Å². The van der Waals surface area contributed by atoms with Crippen molar-refractivity contribution in [3.63, 3.8) is 0 Å². The molecule has 0 atom stereocenters. The lowest BCUT2D eigenvalue weighted by atomic mass is 11.1. The minimum absolute atomic E-state index is 0.972. The second-order valence-electron chi connectivity index (χ2n) is 1.84. The third-order valence-electron chi connectivity index (χ3n) is 1.08. The van der Waals surface area contributed by atoms with E-state index in [0.717, 1.165) is 11.6 Å². The third-order valence-corrected chi connectivity index (χ3v) is 7.89. The van der Waals surface area contributed by atoms with E-state index in [1.807, 2.05) is 0 Å². The fraction of sp³-hybridized carbons (Fsp3) is 0. The molecule has 0 fully saturated rings. The van der Waals surface area contributed by atoms with Crippen molar-refractivity contribution in [3.05, 3.63) is 11.6 Å². The molecule has 0 spiro atoms. The van der Waals surface area contributed by atoms with Gasteiger partial charge in [0.1, 0.15) is 3.14 Å². The summed E-state index contributed by atoms with van der Waals surface area (Å²) in [4.78, 5) is 0. The molecule has 1 aliphatic heterocycles. The zero-order valence-electron chi connectivity index (χ0n) is 5.44. The lowest BCUT2D eigenvalue weighted by Crippen LogP contribution is -1.76. The quantitative estimate of drug-likeness (QED) is 0.523. The summed E-state index contributed by atoms with van der Waals surface area (Å²) in [5, 5.41) is 0. The Morgan fingerprint density at radius 1 is 0.917 bits per heavy atom. The molecule has 2 heterocycles. The average Bonchev–Trinajstić information content (AvgIpc) is 2.30. The molecule has 12 heavy (non-hydrogen) atoms. The number of fused-ring (bicyclic) bond motifs is 1. The Kier molecular flexibility index (Phi) is 3.21. The molecule has 0 unspecified atom stereocenters. The molecule has 1 aromatic heterocycles. The maximum atomic E-state index is 5.10. The van der Waals surface area contributed by atoms with Crippen molar-refractivity contribution in [2.45, 2.75) is 8.42 Å². The SMILES string of the molecule is S=c1sc2c(s1)SC(S)=C(S)S2. The summed E-state index contributed by atoms with van der Waals surface area (Å²) in [5.41, 5.74) is 0. The monoisotopic (exact) mass is 286 g/mol. The van der Waals surface area contributed by atoms with Crippen LogP contribution in [0.4, 0.5) is 0 Å². The Bertz CT molecular complexity index is 360. The van der Waals surface area contributed by atoms with Crippen molar-refractivity contribution in [2.75, 3.05) is 0 Å². The highest BCUT2D eigenvalue weighted by Crippen LogP contribution is 2.53. The van der Waals surface area contributed by atoms with Crippen molar-refractivity contribution >= 4 is 83.7 Å². The van der Waals surface area contributed by atoms with Crippen LogP contribution in [-0.2, 0) is 0 Å². The van der Waals surface area contributed by atoms with E-state index < -0.39 is 0 Å².